The van der Waals surface area contributed by atoms with Gasteiger partial charge in [-0.15, -0.1) is 6.58 Å². The van der Waals surface area contributed by atoms with Crippen LogP contribution in [0.3, 0.4) is 0 Å². The van der Waals surface area contributed by atoms with E-state index in [2.05, 4.69) is 88.0 Å². The largest absolute Gasteiger partial charge is 2.00 e. The third kappa shape index (κ3) is 4.44. The quantitative estimate of drug-likeness (QED) is 0.542. The second-order valence-electron chi connectivity index (χ2n) is 8.13. The molecule has 0 heterocycles. The van der Waals surface area contributed by atoms with E-state index in [-0.39, 0.29) is 56.4 Å². The second-order valence-corrected chi connectivity index (χ2v) is 8.13. The molecule has 2 atom stereocenters. The molecule has 29 heavy (non-hydrogen) atoms. The summed E-state index contributed by atoms with van der Waals surface area (Å²) in [5, 5.41) is 0. The molecule has 2 aliphatic carbocycles. The van der Waals surface area contributed by atoms with Crippen LogP contribution in [0.2, 0.25) is 0 Å². The average Bonchev–Trinajstić information content (AvgIpc) is 3.22. The van der Waals surface area contributed by atoms with Crippen LogP contribution in [0.25, 0.3) is 11.1 Å². The number of allylic oxidation sites excluding steroid dienone is 5. The van der Waals surface area contributed by atoms with Gasteiger partial charge in [-0.3, -0.25) is 0 Å². The minimum atomic E-state index is 0. The number of halogens is 2. The van der Waals surface area contributed by atoms with E-state index in [1.54, 1.807) is 5.57 Å². The normalized spacial score (nSPS) is 18.0. The second kappa shape index (κ2) is 10.4. The Labute approximate surface area is 207 Å². The molecule has 3 heteroatoms. The van der Waals surface area contributed by atoms with Gasteiger partial charge in [-0.2, -0.15) is 0 Å². The number of hydrogen-bond donors (Lipinski definition) is 0. The summed E-state index contributed by atoms with van der Waals surface area (Å²) in [6.07, 6.45) is 10.1. The molecule has 4 rings (SSSR count). The minimum Gasteiger partial charge on any atom is -1.00 e. The number of hydrogen-bond acceptors (Lipinski definition) is 0. The van der Waals surface area contributed by atoms with E-state index in [1.165, 1.54) is 33.4 Å². The number of fused-ring (bicyclic) bond motifs is 3. The molecule has 2 aliphatic rings. The first-order valence-corrected chi connectivity index (χ1v) is 9.74. The summed E-state index contributed by atoms with van der Waals surface area (Å²) in [7, 11) is 0. The van der Waals surface area contributed by atoms with Crippen molar-refractivity contribution in [2.45, 2.75) is 46.0 Å². The van der Waals surface area contributed by atoms with Crippen molar-refractivity contribution in [2.75, 3.05) is 0 Å². The molecule has 150 valence electrons. The summed E-state index contributed by atoms with van der Waals surface area (Å²) in [6.45, 7) is 11.0. The molecule has 0 bridgehead atoms. The summed E-state index contributed by atoms with van der Waals surface area (Å²) < 4.78 is 0. The molecule has 0 aromatic heterocycles. The van der Waals surface area contributed by atoms with Gasteiger partial charge in [-0.1, -0.05) is 78.8 Å². The summed E-state index contributed by atoms with van der Waals surface area (Å²) >= 11 is 0. The van der Waals surface area contributed by atoms with Crippen LogP contribution in [0.4, 0.5) is 0 Å². The molecule has 0 fully saturated rings. The van der Waals surface area contributed by atoms with E-state index in [1.807, 2.05) is 0 Å². The van der Waals surface area contributed by atoms with Gasteiger partial charge in [0.05, 0.1) is 0 Å². The Morgan fingerprint density at radius 1 is 1.03 bits per heavy atom. The van der Waals surface area contributed by atoms with Crippen LogP contribution < -0.4 is 24.8 Å². The summed E-state index contributed by atoms with van der Waals surface area (Å²) in [5.41, 5.74) is 10.4. The van der Waals surface area contributed by atoms with Crippen molar-refractivity contribution < 1.29 is 51.0 Å². The maximum absolute atomic E-state index is 4.00. The van der Waals surface area contributed by atoms with E-state index < -0.39 is 0 Å². The Balaban J connectivity index is 0.00000140. The monoisotopic (exact) mass is 500 g/mol. The van der Waals surface area contributed by atoms with Crippen molar-refractivity contribution in [1.29, 1.82) is 0 Å². The molecule has 0 amide bonds. The van der Waals surface area contributed by atoms with Gasteiger partial charge in [0.1, 0.15) is 0 Å². The molecule has 2 aromatic carbocycles. The Bertz CT molecular complexity index is 941. The zero-order valence-electron chi connectivity index (χ0n) is 17.4. The van der Waals surface area contributed by atoms with Crippen LogP contribution in [0.15, 0.2) is 78.4 Å². The fourth-order valence-corrected chi connectivity index (χ4v) is 5.08. The first-order chi connectivity index (χ1) is 12.6. The summed E-state index contributed by atoms with van der Waals surface area (Å²) in [6, 6.07) is 15.9. The number of benzene rings is 2. The van der Waals surface area contributed by atoms with E-state index in [9.17, 15) is 0 Å². The van der Waals surface area contributed by atoms with Crippen LogP contribution >= 0.6 is 0 Å². The van der Waals surface area contributed by atoms with Crippen molar-refractivity contribution >= 4 is 0 Å². The van der Waals surface area contributed by atoms with Crippen molar-refractivity contribution in [1.82, 2.24) is 0 Å². The first kappa shape index (κ1) is 26.2. The maximum atomic E-state index is 4.00. The Kier molecular flexibility index (Phi) is 9.41. The Hall–Kier alpha value is -0.877. The van der Waals surface area contributed by atoms with E-state index in [0.29, 0.717) is 5.92 Å². The fourth-order valence-electron chi connectivity index (χ4n) is 5.08. The van der Waals surface area contributed by atoms with Crippen molar-refractivity contribution in [3.63, 3.8) is 0 Å². The van der Waals surface area contributed by atoms with Gasteiger partial charge in [0.2, 0.25) is 0 Å². The fraction of sp³-hybridized carbons (Fsp3) is 0.308. The molecule has 0 aliphatic heterocycles. The van der Waals surface area contributed by atoms with Crippen molar-refractivity contribution in [3.8, 4) is 11.1 Å². The van der Waals surface area contributed by atoms with Crippen LogP contribution in [0.1, 0.15) is 55.7 Å². The molecular weight excluding hydrogens is 474 g/mol. The third-order valence-corrected chi connectivity index (χ3v) is 6.44. The summed E-state index contributed by atoms with van der Waals surface area (Å²) in [4.78, 5) is 0. The first-order valence-electron chi connectivity index (χ1n) is 9.74. The predicted octanol–water partition coefficient (Wildman–Crippen LogP) is 1.36. The van der Waals surface area contributed by atoms with Gasteiger partial charge in [0.25, 0.3) is 0 Å². The Morgan fingerprint density at radius 2 is 1.72 bits per heavy atom. The molecule has 0 saturated carbocycles. The van der Waals surface area contributed by atoms with Gasteiger partial charge in [0.15, 0.2) is 0 Å². The smallest absolute Gasteiger partial charge is 1.00 e. The van der Waals surface area contributed by atoms with Crippen molar-refractivity contribution in [2.24, 2.45) is 5.41 Å². The van der Waals surface area contributed by atoms with Gasteiger partial charge in [0, 0.05) is 11.3 Å². The average molecular weight is 503 g/mol. The molecule has 2 unspecified atom stereocenters. The van der Waals surface area contributed by atoms with Gasteiger partial charge in [-0.25, -0.2) is 0 Å². The zero-order valence-corrected chi connectivity index (χ0v) is 21.4. The predicted molar refractivity (Wildman–Crippen MR) is 112 cm³/mol. The van der Waals surface area contributed by atoms with E-state index in [0.717, 1.165) is 19.3 Å². The van der Waals surface area contributed by atoms with E-state index >= 15 is 0 Å². The minimum absolute atomic E-state index is 0. The van der Waals surface area contributed by atoms with Crippen LogP contribution in [-0.4, -0.2) is 0 Å². The van der Waals surface area contributed by atoms with Crippen LogP contribution in [0.5, 0.6) is 0 Å². The molecule has 0 nitrogen and oxygen atoms in total. The number of rotatable bonds is 5. The topological polar surface area (TPSA) is 0 Å². The Morgan fingerprint density at radius 3 is 2.38 bits per heavy atom. The molecule has 0 saturated heterocycles. The third-order valence-electron chi connectivity index (χ3n) is 6.44. The zero-order chi connectivity index (χ0) is 18.3. The van der Waals surface area contributed by atoms with Crippen LogP contribution in [-0.2, 0) is 26.2 Å². The maximum Gasteiger partial charge on any atom is 2.00 e. The van der Waals surface area contributed by atoms with Gasteiger partial charge >= 0.3 is 26.2 Å². The molecule has 2 aromatic rings. The molecule has 0 spiro atoms. The molecule has 0 radical (unpaired) electrons. The van der Waals surface area contributed by atoms with Crippen molar-refractivity contribution in [3.05, 3.63) is 95.1 Å². The standard InChI is InChI=1S/C26H28.2ClH.Zr/c1-5-6-16-26(4,20-15-14-18(2)17-20)25-22-12-8-7-11-21(22)24-19(3)10-9-13-23(24)25;;;/h5,7-14,17,25H,1,6,15-16H2,2-4H3;2*1H;/q;;;+2/p-2. The number of aryl methyl sites for hydroxylation is 1. The van der Waals surface area contributed by atoms with Gasteiger partial charge in [-0.05, 0) is 60.9 Å². The molecular formula is C26H28Cl2Zr. The van der Waals surface area contributed by atoms with Gasteiger partial charge < -0.3 is 24.8 Å². The molecule has 0 N–H and O–H groups in total. The summed E-state index contributed by atoms with van der Waals surface area (Å²) in [5.74, 6) is 0.416. The van der Waals surface area contributed by atoms with Crippen LogP contribution in [0, 0.1) is 12.3 Å². The van der Waals surface area contributed by atoms with E-state index in [4.69, 9.17) is 0 Å². The SMILES string of the molecule is C=CCCC(C)(C1=CC(C)=CC1)C1c2ccccc2-c2c(C)cccc21.[Cl-].[Cl-].[Zr+2].